The molecule has 0 aliphatic carbocycles. The van der Waals surface area contributed by atoms with Crippen LogP contribution in [0.4, 0.5) is 11.4 Å². The zero-order valence-corrected chi connectivity index (χ0v) is 20.9. The first-order chi connectivity index (χ1) is 16.8. The summed E-state index contributed by atoms with van der Waals surface area (Å²) in [5.41, 5.74) is 2.65. The van der Waals surface area contributed by atoms with Crippen molar-refractivity contribution in [3.05, 3.63) is 83.0 Å². The van der Waals surface area contributed by atoms with E-state index in [2.05, 4.69) is 14.6 Å². The average molecular weight is 510 g/mol. The van der Waals surface area contributed by atoms with Crippen LogP contribution in [0.1, 0.15) is 11.1 Å². The molecular weight excluding hydrogens is 486 g/mol. The highest BCUT2D eigenvalue weighted by molar-refractivity contribution is 7.92. The largest absolute Gasteiger partial charge is 0.490 e. The summed E-state index contributed by atoms with van der Waals surface area (Å²) in [4.78, 5) is 6.66. The molecule has 0 spiro atoms. The first-order valence-electron chi connectivity index (χ1n) is 11.1. The van der Waals surface area contributed by atoms with Crippen molar-refractivity contribution < 1.29 is 17.9 Å². The number of fused-ring (bicyclic) bond motifs is 2. The van der Waals surface area contributed by atoms with Crippen molar-refractivity contribution in [2.24, 2.45) is 0 Å². The quantitative estimate of drug-likeness (QED) is 0.374. The summed E-state index contributed by atoms with van der Waals surface area (Å²) in [7, 11) is -1.94. The van der Waals surface area contributed by atoms with E-state index >= 15 is 0 Å². The number of aromatic nitrogens is 1. The Labute approximate surface area is 209 Å². The summed E-state index contributed by atoms with van der Waals surface area (Å²) in [6.45, 7) is 3.33. The molecule has 4 aromatic rings. The molecular formula is C26H24ClN3O4S. The highest BCUT2D eigenvalue weighted by Crippen LogP contribution is 2.36. The molecule has 180 valence electrons. The molecule has 1 aromatic heterocycles. The molecule has 9 heteroatoms. The lowest BCUT2D eigenvalue weighted by Crippen LogP contribution is -2.28. The molecule has 0 saturated carbocycles. The lowest BCUT2D eigenvalue weighted by atomic mass is 10.1. The van der Waals surface area contributed by atoms with Crippen molar-refractivity contribution in [1.82, 2.24) is 4.98 Å². The lowest BCUT2D eigenvalue weighted by molar-refractivity contribution is 0.294. The van der Waals surface area contributed by atoms with Crippen LogP contribution < -0.4 is 19.1 Å². The van der Waals surface area contributed by atoms with E-state index in [4.69, 9.17) is 21.1 Å². The van der Waals surface area contributed by atoms with Crippen LogP contribution in [-0.2, 0) is 16.6 Å². The molecule has 35 heavy (non-hydrogen) atoms. The predicted octanol–water partition coefficient (Wildman–Crippen LogP) is 5.41. The third kappa shape index (κ3) is 4.59. The van der Waals surface area contributed by atoms with E-state index in [1.165, 1.54) is 6.07 Å². The molecule has 3 aromatic carbocycles. The number of nitrogens with one attached hydrogen (secondary N) is 1. The predicted molar refractivity (Wildman–Crippen MR) is 138 cm³/mol. The Bertz CT molecular complexity index is 1520. The van der Waals surface area contributed by atoms with E-state index in [-0.39, 0.29) is 23.1 Å². The van der Waals surface area contributed by atoms with Crippen LogP contribution in [0.5, 0.6) is 11.6 Å². The number of benzene rings is 3. The summed E-state index contributed by atoms with van der Waals surface area (Å²) in [6.07, 6.45) is 1.67. The Hall–Kier alpha value is -3.49. The molecule has 0 radical (unpaired) electrons. The van der Waals surface area contributed by atoms with Gasteiger partial charge in [0.05, 0.1) is 17.1 Å². The van der Waals surface area contributed by atoms with Crippen LogP contribution >= 0.6 is 11.6 Å². The molecule has 0 unspecified atom stereocenters. The maximum atomic E-state index is 13.4. The van der Waals surface area contributed by atoms with Gasteiger partial charge in [0.2, 0.25) is 5.88 Å². The van der Waals surface area contributed by atoms with Gasteiger partial charge in [-0.05, 0) is 42.3 Å². The van der Waals surface area contributed by atoms with Gasteiger partial charge in [-0.1, -0.05) is 48.0 Å². The minimum atomic E-state index is -3.96. The monoisotopic (exact) mass is 509 g/mol. The highest BCUT2D eigenvalue weighted by atomic mass is 35.5. The molecule has 1 aliphatic heterocycles. The van der Waals surface area contributed by atoms with Crippen molar-refractivity contribution in [2.75, 3.05) is 29.8 Å². The lowest BCUT2D eigenvalue weighted by Gasteiger charge is -2.28. The van der Waals surface area contributed by atoms with Crippen LogP contribution in [0.25, 0.3) is 10.8 Å². The number of nitrogens with zero attached hydrogens (tertiary/aromatic N) is 2. The van der Waals surface area contributed by atoms with Crippen LogP contribution in [0.2, 0.25) is 5.02 Å². The van der Waals surface area contributed by atoms with Gasteiger partial charge in [-0.25, -0.2) is 13.4 Å². The van der Waals surface area contributed by atoms with Crippen molar-refractivity contribution >= 4 is 43.8 Å². The second kappa shape index (κ2) is 9.28. The second-order valence-corrected chi connectivity index (χ2v) is 10.4. The molecule has 1 aliphatic rings. The summed E-state index contributed by atoms with van der Waals surface area (Å²) < 4.78 is 41.2. The standard InChI is InChI=1S/C26H24ClN3O4S/c1-17-21(27)8-5-9-24(17)35(31,32)29-25-20-7-4-3-6-19(20)15-28-26(25)34-16-18-10-11-23-22(14-18)30(2)12-13-33-23/h3-11,14-15,29H,12-13,16H2,1-2H3. The number of likely N-dealkylation sites (N-methyl/N-ethyl adjacent to an activating group) is 1. The number of pyridine rings is 1. The van der Waals surface area contributed by atoms with Crippen molar-refractivity contribution in [3.63, 3.8) is 0 Å². The van der Waals surface area contributed by atoms with Gasteiger partial charge in [0.25, 0.3) is 10.0 Å². The second-order valence-electron chi connectivity index (χ2n) is 8.35. The van der Waals surface area contributed by atoms with Crippen LogP contribution in [0.3, 0.4) is 0 Å². The number of rotatable bonds is 6. The maximum absolute atomic E-state index is 13.4. The average Bonchev–Trinajstić information content (AvgIpc) is 2.85. The minimum absolute atomic E-state index is 0.0987. The van der Waals surface area contributed by atoms with E-state index < -0.39 is 10.0 Å². The number of ether oxygens (including phenoxy) is 2. The highest BCUT2D eigenvalue weighted by Gasteiger charge is 2.23. The number of hydrogen-bond donors (Lipinski definition) is 1. The fourth-order valence-electron chi connectivity index (χ4n) is 4.06. The van der Waals surface area contributed by atoms with Gasteiger partial charge in [0.1, 0.15) is 24.7 Å². The zero-order valence-electron chi connectivity index (χ0n) is 19.3. The van der Waals surface area contributed by atoms with Gasteiger partial charge in [0, 0.05) is 29.0 Å². The first-order valence-corrected chi connectivity index (χ1v) is 12.9. The normalized spacial score (nSPS) is 13.3. The van der Waals surface area contributed by atoms with Crippen molar-refractivity contribution in [1.29, 1.82) is 0 Å². The Morgan fingerprint density at radius 3 is 2.83 bits per heavy atom. The van der Waals surface area contributed by atoms with E-state index in [9.17, 15) is 8.42 Å². The van der Waals surface area contributed by atoms with Crippen molar-refractivity contribution in [2.45, 2.75) is 18.4 Å². The first kappa shape index (κ1) is 23.3. The van der Waals surface area contributed by atoms with Crippen LogP contribution in [0, 0.1) is 6.92 Å². The van der Waals surface area contributed by atoms with Crippen molar-refractivity contribution in [3.8, 4) is 11.6 Å². The minimum Gasteiger partial charge on any atom is -0.490 e. The summed E-state index contributed by atoms with van der Waals surface area (Å²) in [5, 5.41) is 1.84. The Morgan fingerprint density at radius 2 is 1.97 bits per heavy atom. The third-order valence-corrected chi connectivity index (χ3v) is 7.91. The van der Waals surface area contributed by atoms with Gasteiger partial charge >= 0.3 is 0 Å². The Balaban J connectivity index is 1.50. The molecule has 5 rings (SSSR count). The zero-order chi connectivity index (χ0) is 24.6. The third-order valence-electron chi connectivity index (χ3n) is 6.00. The van der Waals surface area contributed by atoms with E-state index in [0.29, 0.717) is 22.6 Å². The molecule has 2 heterocycles. The van der Waals surface area contributed by atoms with Gasteiger partial charge in [0.15, 0.2) is 0 Å². The molecule has 0 amide bonds. The summed E-state index contributed by atoms with van der Waals surface area (Å²) >= 11 is 6.19. The summed E-state index contributed by atoms with van der Waals surface area (Å²) in [6, 6.07) is 18.1. The molecule has 0 bridgehead atoms. The maximum Gasteiger partial charge on any atom is 0.262 e. The van der Waals surface area contributed by atoms with Gasteiger partial charge < -0.3 is 14.4 Å². The topological polar surface area (TPSA) is 80.8 Å². The van der Waals surface area contributed by atoms with E-state index in [1.807, 2.05) is 49.5 Å². The Kier molecular flexibility index (Phi) is 6.17. The van der Waals surface area contributed by atoms with E-state index in [1.54, 1.807) is 25.3 Å². The number of halogens is 1. The number of sulfonamides is 1. The molecule has 7 nitrogen and oxygen atoms in total. The summed E-state index contributed by atoms with van der Waals surface area (Å²) in [5.74, 6) is 1.02. The van der Waals surface area contributed by atoms with Gasteiger partial charge in [-0.3, -0.25) is 4.72 Å². The smallest absolute Gasteiger partial charge is 0.262 e. The molecule has 0 atom stereocenters. The number of anilines is 2. The van der Waals surface area contributed by atoms with Gasteiger partial charge in [-0.15, -0.1) is 0 Å². The van der Waals surface area contributed by atoms with Crippen LogP contribution in [-0.4, -0.2) is 33.6 Å². The Morgan fingerprint density at radius 1 is 1.14 bits per heavy atom. The van der Waals surface area contributed by atoms with Gasteiger partial charge in [-0.2, -0.15) is 0 Å². The molecule has 1 N–H and O–H groups in total. The fourth-order valence-corrected chi connectivity index (χ4v) is 5.64. The molecule has 0 saturated heterocycles. The van der Waals surface area contributed by atoms with Crippen LogP contribution in [0.15, 0.2) is 71.8 Å². The molecule has 0 fully saturated rings. The number of hydrogen-bond acceptors (Lipinski definition) is 6. The fraction of sp³-hybridized carbons (Fsp3) is 0.192. The van der Waals surface area contributed by atoms with E-state index in [0.717, 1.165) is 28.9 Å². The SMILES string of the molecule is Cc1c(Cl)cccc1S(=O)(=O)Nc1c(OCc2ccc3c(c2)N(C)CCO3)ncc2ccccc12.